The van der Waals surface area contributed by atoms with Gasteiger partial charge in [-0.05, 0) is 30.4 Å². The van der Waals surface area contributed by atoms with E-state index in [-0.39, 0.29) is 12.2 Å². The number of unbranched alkanes of at least 4 members (excludes halogenated alkanes) is 2. The predicted octanol–water partition coefficient (Wildman–Crippen LogP) is 6.92. The monoisotopic (exact) mass is 388 g/mol. The maximum absolute atomic E-state index is 13.5. The topological polar surface area (TPSA) is 26.3 Å². The number of benzene rings is 1. The molecule has 2 rings (SSSR count). The lowest BCUT2D eigenvalue weighted by Crippen LogP contribution is -2.17. The van der Waals surface area contributed by atoms with Crippen molar-refractivity contribution in [3.8, 4) is 5.75 Å². The minimum absolute atomic E-state index is 0.190. The first-order valence-electron chi connectivity index (χ1n) is 9.87. The summed E-state index contributed by atoms with van der Waals surface area (Å²) < 4.78 is 56.1. The third kappa shape index (κ3) is 7.15. The van der Waals surface area contributed by atoms with Crippen molar-refractivity contribution >= 4 is 5.97 Å². The number of carbonyl (C=O) groups excluding carboxylic acids is 1. The Kier molecular flexibility index (Phi) is 8.11. The van der Waals surface area contributed by atoms with Crippen LogP contribution in [0.5, 0.6) is 5.75 Å². The lowest BCUT2D eigenvalue weighted by molar-refractivity contribution is -0.140. The summed E-state index contributed by atoms with van der Waals surface area (Å²) in [6.45, 7) is 2.20. The molecule has 1 saturated carbocycles. The van der Waals surface area contributed by atoms with Crippen LogP contribution in [0.1, 0.15) is 76.7 Å². The molecule has 0 spiro atoms. The number of rotatable bonds is 8. The molecule has 0 bridgehead atoms. The predicted molar refractivity (Wildman–Crippen MR) is 95.9 cm³/mol. The fraction of sp³-hybridized carbons (Fsp3) is 0.667. The van der Waals surface area contributed by atoms with Crippen molar-refractivity contribution in [3.63, 3.8) is 0 Å². The highest BCUT2D eigenvalue weighted by Crippen LogP contribution is 2.35. The van der Waals surface area contributed by atoms with Crippen molar-refractivity contribution in [2.45, 2.75) is 77.3 Å². The number of hydrogen-bond donors (Lipinski definition) is 0. The van der Waals surface area contributed by atoms with Crippen LogP contribution in [0.2, 0.25) is 0 Å². The van der Waals surface area contributed by atoms with Crippen molar-refractivity contribution in [2.24, 2.45) is 11.8 Å². The molecule has 0 aromatic heterocycles. The molecule has 1 aliphatic carbocycles. The number of hydrogen-bond acceptors (Lipinski definition) is 2. The van der Waals surface area contributed by atoms with Crippen LogP contribution in [0.4, 0.5) is 17.6 Å². The summed E-state index contributed by atoms with van der Waals surface area (Å²) in [5.74, 6) is -0.863. The van der Waals surface area contributed by atoms with Crippen LogP contribution in [0.15, 0.2) is 18.2 Å². The van der Waals surface area contributed by atoms with Gasteiger partial charge in [-0.25, -0.2) is 4.39 Å². The molecule has 0 aliphatic heterocycles. The summed E-state index contributed by atoms with van der Waals surface area (Å²) >= 11 is 0. The molecule has 0 unspecified atom stereocenters. The summed E-state index contributed by atoms with van der Waals surface area (Å²) in [6, 6.07) is 2.19. The number of carbonyl (C=O) groups is 1. The number of ether oxygens (including phenoxy) is 1. The van der Waals surface area contributed by atoms with E-state index in [0.717, 1.165) is 24.8 Å². The van der Waals surface area contributed by atoms with Crippen molar-refractivity contribution in [3.05, 3.63) is 29.6 Å². The van der Waals surface area contributed by atoms with Gasteiger partial charge >= 0.3 is 12.1 Å². The van der Waals surface area contributed by atoms with Crippen LogP contribution >= 0.6 is 0 Å². The minimum atomic E-state index is -4.76. The minimum Gasteiger partial charge on any atom is -0.426 e. The molecule has 0 atom stereocenters. The van der Waals surface area contributed by atoms with Crippen LogP contribution in [0.3, 0.4) is 0 Å². The third-order valence-corrected chi connectivity index (χ3v) is 5.42. The Morgan fingerprint density at radius 2 is 1.70 bits per heavy atom. The van der Waals surface area contributed by atoms with E-state index < -0.39 is 23.5 Å². The Hall–Kier alpha value is -1.59. The molecule has 27 heavy (non-hydrogen) atoms. The molecule has 0 heterocycles. The van der Waals surface area contributed by atoms with Gasteiger partial charge in [0.25, 0.3) is 0 Å². The summed E-state index contributed by atoms with van der Waals surface area (Å²) in [5, 5.41) is 0. The molecule has 0 radical (unpaired) electrons. The third-order valence-electron chi connectivity index (χ3n) is 5.42. The molecule has 0 N–H and O–H groups in total. The highest BCUT2D eigenvalue weighted by atomic mass is 19.4. The fourth-order valence-corrected chi connectivity index (χ4v) is 3.79. The highest BCUT2D eigenvalue weighted by molar-refractivity contribution is 5.72. The Morgan fingerprint density at radius 3 is 2.26 bits per heavy atom. The average Bonchev–Trinajstić information content (AvgIpc) is 2.60. The molecule has 1 aromatic carbocycles. The van der Waals surface area contributed by atoms with E-state index in [2.05, 4.69) is 6.92 Å². The van der Waals surface area contributed by atoms with Crippen LogP contribution < -0.4 is 4.74 Å². The second-order valence-electron chi connectivity index (χ2n) is 7.53. The second-order valence-corrected chi connectivity index (χ2v) is 7.53. The SMILES string of the molecule is CCCCC[C@H]1CC[C@H](CCC(=O)Oc2ccc(C(F)(F)F)c(F)c2)CC1. The largest absolute Gasteiger partial charge is 0.426 e. The standard InChI is InChI=1S/C21H28F4O2/c1-2-3-4-5-15-6-8-16(9-7-15)10-13-20(26)27-17-11-12-18(19(22)14-17)21(23,24)25/h11-12,14-16H,2-10,13H2,1H3/t15-,16-. The van der Waals surface area contributed by atoms with Gasteiger partial charge in [0.2, 0.25) is 0 Å². The molecule has 6 heteroatoms. The molecular formula is C21H28F4O2. The molecular weight excluding hydrogens is 360 g/mol. The van der Waals surface area contributed by atoms with E-state index in [1.165, 1.54) is 38.5 Å². The van der Waals surface area contributed by atoms with Gasteiger partial charge in [0.05, 0.1) is 5.56 Å². The van der Waals surface area contributed by atoms with Gasteiger partial charge in [-0.1, -0.05) is 58.3 Å². The second kappa shape index (κ2) is 10.1. The summed E-state index contributed by atoms with van der Waals surface area (Å²) in [7, 11) is 0. The first-order valence-corrected chi connectivity index (χ1v) is 9.87. The number of alkyl halides is 3. The lowest BCUT2D eigenvalue weighted by Gasteiger charge is -2.28. The van der Waals surface area contributed by atoms with Gasteiger partial charge in [0, 0.05) is 12.5 Å². The van der Waals surface area contributed by atoms with Crippen molar-refractivity contribution in [2.75, 3.05) is 0 Å². The Balaban J connectivity index is 1.72. The first-order chi connectivity index (χ1) is 12.8. The Bertz CT molecular complexity index is 605. The van der Waals surface area contributed by atoms with E-state index in [0.29, 0.717) is 24.5 Å². The molecule has 1 fully saturated rings. The maximum Gasteiger partial charge on any atom is 0.419 e. The van der Waals surface area contributed by atoms with E-state index in [1.807, 2.05) is 0 Å². The van der Waals surface area contributed by atoms with E-state index in [1.54, 1.807) is 0 Å². The average molecular weight is 388 g/mol. The Labute approximate surface area is 158 Å². The molecule has 0 saturated heterocycles. The Morgan fingerprint density at radius 1 is 1.07 bits per heavy atom. The van der Waals surface area contributed by atoms with Gasteiger partial charge in [0.1, 0.15) is 11.6 Å². The maximum atomic E-state index is 13.5. The van der Waals surface area contributed by atoms with E-state index in [4.69, 9.17) is 4.74 Å². The van der Waals surface area contributed by atoms with Crippen molar-refractivity contribution in [1.82, 2.24) is 0 Å². The lowest BCUT2D eigenvalue weighted by atomic mass is 9.78. The van der Waals surface area contributed by atoms with Gasteiger partial charge < -0.3 is 4.74 Å². The van der Waals surface area contributed by atoms with E-state index >= 15 is 0 Å². The molecule has 152 valence electrons. The zero-order valence-electron chi connectivity index (χ0n) is 15.8. The highest BCUT2D eigenvalue weighted by Gasteiger charge is 2.34. The summed E-state index contributed by atoms with van der Waals surface area (Å²) in [4.78, 5) is 11.9. The van der Waals surface area contributed by atoms with Crippen molar-refractivity contribution < 1.29 is 27.1 Å². The number of esters is 1. The van der Waals surface area contributed by atoms with Crippen LogP contribution in [0, 0.1) is 17.7 Å². The van der Waals surface area contributed by atoms with Crippen LogP contribution in [-0.4, -0.2) is 5.97 Å². The zero-order valence-corrected chi connectivity index (χ0v) is 15.8. The van der Waals surface area contributed by atoms with Crippen LogP contribution in [-0.2, 0) is 11.0 Å². The molecule has 0 amide bonds. The summed E-state index contributed by atoms with van der Waals surface area (Å²) in [6.07, 6.45) is 5.89. The first kappa shape index (κ1) is 21.7. The van der Waals surface area contributed by atoms with Gasteiger partial charge in [-0.3, -0.25) is 4.79 Å². The molecule has 2 nitrogen and oxygen atoms in total. The fourth-order valence-electron chi connectivity index (χ4n) is 3.79. The molecule has 1 aliphatic rings. The van der Waals surface area contributed by atoms with Gasteiger partial charge in [0.15, 0.2) is 0 Å². The van der Waals surface area contributed by atoms with Gasteiger partial charge in [-0.2, -0.15) is 13.2 Å². The summed E-state index contributed by atoms with van der Waals surface area (Å²) in [5.41, 5.74) is -1.36. The zero-order chi connectivity index (χ0) is 19.9. The van der Waals surface area contributed by atoms with Crippen LogP contribution in [0.25, 0.3) is 0 Å². The van der Waals surface area contributed by atoms with Gasteiger partial charge in [-0.15, -0.1) is 0 Å². The number of halogens is 4. The van der Waals surface area contributed by atoms with E-state index in [9.17, 15) is 22.4 Å². The quantitative estimate of drug-likeness (QED) is 0.209. The molecule has 1 aromatic rings. The van der Waals surface area contributed by atoms with Crippen molar-refractivity contribution in [1.29, 1.82) is 0 Å². The normalized spacial score (nSPS) is 20.5. The smallest absolute Gasteiger partial charge is 0.419 e.